The number of nitrogens with one attached hydrogen (secondary N) is 2. The number of hydrogen-bond donors (Lipinski definition) is 2. The zero-order valence-corrected chi connectivity index (χ0v) is 16.7. The first-order chi connectivity index (χ1) is 12.4. The molecule has 1 heterocycles. The number of allylic oxidation sites excluding steroid dienone is 1. The summed E-state index contributed by atoms with van der Waals surface area (Å²) in [5.41, 5.74) is 3.46. The van der Waals surface area contributed by atoms with Crippen LogP contribution >= 0.6 is 12.2 Å². The summed E-state index contributed by atoms with van der Waals surface area (Å²) in [4.78, 5) is 15.0. The molecule has 1 fully saturated rings. The molecule has 1 aromatic rings. The molecule has 0 radical (unpaired) electrons. The predicted octanol–water partition coefficient (Wildman–Crippen LogP) is 3.28. The highest BCUT2D eigenvalue weighted by Crippen LogP contribution is 2.32. The Morgan fingerprint density at radius 2 is 1.92 bits per heavy atom. The van der Waals surface area contributed by atoms with Crippen LogP contribution in [0, 0.1) is 5.92 Å². The average molecular weight is 374 g/mol. The standard InChI is InChI=1S/C20H27N3O2S/c1-12-6-5-7-16(12)25-19(24)17-13(2)21-20(26)22-18(17)14-8-10-15(11-9-14)23(3)4/h8-12,16,18H,5-7H2,1-4H3,(H2,21,22,26)/t12-,16-,18+/m1/s1. The van der Waals surface area contributed by atoms with Crippen LogP contribution in [0.5, 0.6) is 0 Å². The first kappa shape index (κ1) is 18.7. The van der Waals surface area contributed by atoms with E-state index in [1.54, 1.807) is 0 Å². The first-order valence-corrected chi connectivity index (χ1v) is 9.54. The van der Waals surface area contributed by atoms with Gasteiger partial charge in [0.15, 0.2) is 5.11 Å². The molecule has 1 aliphatic heterocycles. The summed E-state index contributed by atoms with van der Waals surface area (Å²) in [6.45, 7) is 4.03. The third-order valence-electron chi connectivity index (χ3n) is 5.27. The van der Waals surface area contributed by atoms with Crippen molar-refractivity contribution in [3.8, 4) is 0 Å². The van der Waals surface area contributed by atoms with Crippen LogP contribution in [0.1, 0.15) is 44.7 Å². The molecule has 0 aromatic heterocycles. The molecule has 3 rings (SSSR count). The number of ether oxygens (including phenoxy) is 1. The highest BCUT2D eigenvalue weighted by atomic mass is 32.1. The maximum Gasteiger partial charge on any atom is 0.338 e. The van der Waals surface area contributed by atoms with Crippen molar-refractivity contribution in [1.29, 1.82) is 0 Å². The maximum atomic E-state index is 13.0. The molecule has 2 aliphatic rings. The summed E-state index contributed by atoms with van der Waals surface area (Å²) in [7, 11) is 4.01. The van der Waals surface area contributed by atoms with Gasteiger partial charge in [-0.3, -0.25) is 0 Å². The molecule has 6 heteroatoms. The van der Waals surface area contributed by atoms with E-state index >= 15 is 0 Å². The molecule has 26 heavy (non-hydrogen) atoms. The molecule has 3 atom stereocenters. The molecular formula is C20H27N3O2S. The number of carbonyl (C=O) groups excluding carboxylic acids is 1. The van der Waals surface area contributed by atoms with Crippen LogP contribution in [0.15, 0.2) is 35.5 Å². The molecule has 0 saturated heterocycles. The summed E-state index contributed by atoms with van der Waals surface area (Å²) in [6.07, 6.45) is 3.19. The fraction of sp³-hybridized carbons (Fsp3) is 0.500. The molecule has 1 saturated carbocycles. The summed E-state index contributed by atoms with van der Waals surface area (Å²) >= 11 is 5.31. The van der Waals surface area contributed by atoms with Gasteiger partial charge in [-0.2, -0.15) is 0 Å². The van der Waals surface area contributed by atoms with E-state index in [0.717, 1.165) is 36.2 Å². The van der Waals surface area contributed by atoms with E-state index < -0.39 is 0 Å². The van der Waals surface area contributed by atoms with Crippen LogP contribution in [0.3, 0.4) is 0 Å². The van der Waals surface area contributed by atoms with Gasteiger partial charge < -0.3 is 20.3 Å². The fourth-order valence-electron chi connectivity index (χ4n) is 3.67. The van der Waals surface area contributed by atoms with Gasteiger partial charge in [-0.15, -0.1) is 0 Å². The molecule has 5 nitrogen and oxygen atoms in total. The van der Waals surface area contributed by atoms with Crippen molar-refractivity contribution >= 4 is 29.0 Å². The Labute approximate surface area is 160 Å². The van der Waals surface area contributed by atoms with Crippen molar-refractivity contribution in [3.63, 3.8) is 0 Å². The second-order valence-electron chi connectivity index (χ2n) is 7.41. The van der Waals surface area contributed by atoms with Crippen LogP contribution < -0.4 is 15.5 Å². The zero-order chi connectivity index (χ0) is 18.8. The quantitative estimate of drug-likeness (QED) is 0.624. The number of thiocarbonyl (C=S) groups is 1. The van der Waals surface area contributed by atoms with E-state index in [1.807, 2.05) is 50.2 Å². The minimum atomic E-state index is -0.302. The lowest BCUT2D eigenvalue weighted by Gasteiger charge is -2.31. The summed E-state index contributed by atoms with van der Waals surface area (Å²) in [5, 5.41) is 6.82. The Morgan fingerprint density at radius 1 is 1.23 bits per heavy atom. The highest BCUT2D eigenvalue weighted by Gasteiger charge is 2.34. The van der Waals surface area contributed by atoms with Gasteiger partial charge in [0.25, 0.3) is 0 Å². The Balaban J connectivity index is 1.87. The fourth-order valence-corrected chi connectivity index (χ4v) is 3.94. The van der Waals surface area contributed by atoms with Gasteiger partial charge in [-0.1, -0.05) is 19.1 Å². The van der Waals surface area contributed by atoms with Crippen molar-refractivity contribution in [2.75, 3.05) is 19.0 Å². The molecule has 1 aromatic carbocycles. The second-order valence-corrected chi connectivity index (χ2v) is 7.82. The SMILES string of the molecule is CC1=C(C(=O)O[C@@H]2CCC[C@H]2C)[C@H](c2ccc(N(C)C)cc2)NC(=S)N1. The number of hydrogen-bond acceptors (Lipinski definition) is 4. The summed E-state index contributed by atoms with van der Waals surface area (Å²) in [6, 6.07) is 7.84. The number of rotatable bonds is 4. The van der Waals surface area contributed by atoms with Crippen LogP contribution in [-0.2, 0) is 9.53 Å². The van der Waals surface area contributed by atoms with Crippen LogP contribution in [0.2, 0.25) is 0 Å². The van der Waals surface area contributed by atoms with Crippen LogP contribution in [0.4, 0.5) is 5.69 Å². The van der Waals surface area contributed by atoms with Crippen LogP contribution in [0.25, 0.3) is 0 Å². The average Bonchev–Trinajstić information content (AvgIpc) is 2.99. The molecule has 0 amide bonds. The van der Waals surface area contributed by atoms with E-state index in [9.17, 15) is 4.79 Å². The number of benzene rings is 1. The van der Waals surface area contributed by atoms with Crippen molar-refractivity contribution in [1.82, 2.24) is 10.6 Å². The second kappa shape index (κ2) is 7.66. The highest BCUT2D eigenvalue weighted by molar-refractivity contribution is 7.80. The lowest BCUT2D eigenvalue weighted by atomic mass is 9.95. The van der Waals surface area contributed by atoms with Crippen molar-refractivity contribution < 1.29 is 9.53 Å². The normalized spacial score (nSPS) is 25.5. The Morgan fingerprint density at radius 3 is 2.50 bits per heavy atom. The molecule has 140 valence electrons. The number of carbonyl (C=O) groups is 1. The van der Waals surface area contributed by atoms with E-state index in [4.69, 9.17) is 17.0 Å². The van der Waals surface area contributed by atoms with Gasteiger partial charge in [-0.25, -0.2) is 4.79 Å². The lowest BCUT2D eigenvalue weighted by molar-refractivity contribution is -0.146. The molecule has 0 bridgehead atoms. The minimum absolute atomic E-state index is 0.00782. The summed E-state index contributed by atoms with van der Waals surface area (Å²) in [5.74, 6) is 0.161. The molecule has 0 unspecified atom stereocenters. The number of nitrogens with zero attached hydrogens (tertiary/aromatic N) is 1. The predicted molar refractivity (Wildman–Crippen MR) is 108 cm³/mol. The van der Waals surface area contributed by atoms with E-state index in [0.29, 0.717) is 16.6 Å². The van der Waals surface area contributed by atoms with E-state index in [-0.39, 0.29) is 18.1 Å². The third-order valence-corrected chi connectivity index (χ3v) is 5.49. The Hall–Kier alpha value is -2.08. The molecule has 2 N–H and O–H groups in total. The Bertz CT molecular complexity index is 727. The minimum Gasteiger partial charge on any atom is -0.459 e. The van der Waals surface area contributed by atoms with Crippen molar-refractivity contribution in [2.24, 2.45) is 5.92 Å². The van der Waals surface area contributed by atoms with Gasteiger partial charge in [0.1, 0.15) is 6.10 Å². The smallest absolute Gasteiger partial charge is 0.338 e. The van der Waals surface area contributed by atoms with Crippen LogP contribution in [-0.4, -0.2) is 31.3 Å². The van der Waals surface area contributed by atoms with Crippen molar-refractivity contribution in [2.45, 2.75) is 45.3 Å². The lowest BCUT2D eigenvalue weighted by Crippen LogP contribution is -2.45. The maximum absolute atomic E-state index is 13.0. The topological polar surface area (TPSA) is 53.6 Å². The molecule has 1 aliphatic carbocycles. The number of anilines is 1. The van der Waals surface area contributed by atoms with Gasteiger partial charge in [0.2, 0.25) is 0 Å². The van der Waals surface area contributed by atoms with Gasteiger partial charge in [0, 0.05) is 25.5 Å². The van der Waals surface area contributed by atoms with E-state index in [1.165, 1.54) is 0 Å². The Kier molecular flexibility index (Phi) is 5.51. The molecular weight excluding hydrogens is 346 g/mol. The third kappa shape index (κ3) is 3.85. The summed E-state index contributed by atoms with van der Waals surface area (Å²) < 4.78 is 5.85. The van der Waals surface area contributed by atoms with Gasteiger partial charge in [-0.05, 0) is 62.0 Å². The van der Waals surface area contributed by atoms with E-state index in [2.05, 4.69) is 17.6 Å². The van der Waals surface area contributed by atoms with Gasteiger partial charge >= 0.3 is 5.97 Å². The number of esters is 1. The monoisotopic (exact) mass is 373 g/mol. The van der Waals surface area contributed by atoms with Gasteiger partial charge in [0.05, 0.1) is 11.6 Å². The van der Waals surface area contributed by atoms with Crippen molar-refractivity contribution in [3.05, 3.63) is 41.1 Å². The zero-order valence-electron chi connectivity index (χ0n) is 15.8. The first-order valence-electron chi connectivity index (χ1n) is 9.13. The molecule has 0 spiro atoms. The largest absolute Gasteiger partial charge is 0.459 e.